The van der Waals surface area contributed by atoms with E-state index < -0.39 is 36.7 Å². The van der Waals surface area contributed by atoms with Crippen LogP contribution < -0.4 is 9.47 Å². The van der Waals surface area contributed by atoms with Crippen molar-refractivity contribution in [3.63, 3.8) is 0 Å². The molecule has 2 fully saturated rings. The predicted molar refractivity (Wildman–Crippen MR) is 318 cm³/mol. The number of H-pyrrole nitrogens is 2. The zero-order chi connectivity index (χ0) is 57.6. The van der Waals surface area contributed by atoms with Crippen molar-refractivity contribution in [2.24, 2.45) is 0 Å². The number of aromatic nitrogens is 2. The summed E-state index contributed by atoms with van der Waals surface area (Å²) in [6, 6.07) is 31.1. The molecule has 6 heterocycles. The van der Waals surface area contributed by atoms with Crippen molar-refractivity contribution in [2.45, 2.75) is 142 Å². The van der Waals surface area contributed by atoms with Gasteiger partial charge in [-0.2, -0.15) is 0 Å². The Morgan fingerprint density at radius 3 is 1.32 bits per heavy atom. The van der Waals surface area contributed by atoms with Crippen LogP contribution in [-0.4, -0.2) is 149 Å². The first-order valence-corrected chi connectivity index (χ1v) is 29.3. The third-order valence-corrected chi connectivity index (χ3v) is 17.2. The summed E-state index contributed by atoms with van der Waals surface area (Å²) in [5.74, 6) is 0.810. The zero-order valence-electron chi connectivity index (χ0n) is 46.7. The summed E-state index contributed by atoms with van der Waals surface area (Å²) in [4.78, 5) is 30.9. The van der Waals surface area contributed by atoms with Crippen LogP contribution in [0.4, 0.5) is 0 Å². The van der Waals surface area contributed by atoms with Gasteiger partial charge in [-0.15, -0.1) is 22.7 Å². The number of piperidine rings is 2. The van der Waals surface area contributed by atoms with Crippen LogP contribution in [0.2, 0.25) is 0 Å². The SMILES string of the molecule is Cc1cc2c(OC[C@@H](O)CN3CC[C@@H](c4ccc5scc(C)c5c4)C[C@H]3C)cccc2[nH]1.Cc1cc2c(OC[C@@H](O)CN3CC[C@H](c4ccc5scc(C)c5c4)C[C@@H]3C)cccc2[nH]1.O=C(O)CCC(O)O.O=C(O)CCC(O)O. The number of hydrogen-bond donors (Lipinski definition) is 10. The number of aliphatic hydroxyl groups is 6. The number of carboxylic acid groups (broad SMARTS) is 2. The molecule has 432 valence electrons. The Kier molecular flexibility index (Phi) is 22.5. The largest absolute Gasteiger partial charge is 0.490 e. The first-order chi connectivity index (χ1) is 38.2. The summed E-state index contributed by atoms with van der Waals surface area (Å²) in [5.41, 5.74) is 10.1. The monoisotopic (exact) mass is 1140 g/mol. The van der Waals surface area contributed by atoms with Crippen LogP contribution >= 0.6 is 22.7 Å². The number of benzene rings is 4. The molecule has 0 spiro atoms. The Labute approximate surface area is 475 Å². The van der Waals surface area contributed by atoms with Gasteiger partial charge in [-0.3, -0.25) is 19.4 Å². The van der Waals surface area contributed by atoms with Gasteiger partial charge in [-0.1, -0.05) is 24.3 Å². The maximum absolute atomic E-state index is 10.7. The molecule has 8 aromatic rings. The molecule has 0 aliphatic carbocycles. The molecule has 2 saturated heterocycles. The fourth-order valence-electron chi connectivity index (χ4n) is 10.8. The average Bonchev–Trinajstić information content (AvgIpc) is 4.24. The van der Waals surface area contributed by atoms with Crippen molar-refractivity contribution in [2.75, 3.05) is 39.4 Å². The lowest BCUT2D eigenvalue weighted by Crippen LogP contribution is -2.45. The van der Waals surface area contributed by atoms with Crippen LogP contribution in [0.25, 0.3) is 42.0 Å². The third-order valence-electron chi connectivity index (χ3n) is 15.1. The Balaban J connectivity index is 0.000000182. The summed E-state index contributed by atoms with van der Waals surface area (Å²) in [6.07, 6.45) is -0.0716. The summed E-state index contributed by atoms with van der Waals surface area (Å²) in [5, 5.41) is 79.1. The van der Waals surface area contributed by atoms with Crippen LogP contribution in [0.1, 0.15) is 111 Å². The van der Waals surface area contributed by atoms with E-state index in [1.807, 2.05) is 60.8 Å². The number of aliphatic carboxylic acids is 2. The number of β-amino-alcohol motifs (C(OH)–C–C–N with tert-alkyl or cyclic N) is 2. The van der Waals surface area contributed by atoms with E-state index in [1.165, 1.54) is 42.4 Å². The van der Waals surface area contributed by atoms with Gasteiger partial charge in [0.2, 0.25) is 0 Å². The normalized spacial score (nSPS) is 18.6. The van der Waals surface area contributed by atoms with Crippen molar-refractivity contribution in [1.82, 2.24) is 19.8 Å². The Morgan fingerprint density at radius 1 is 0.575 bits per heavy atom. The van der Waals surface area contributed by atoms with Crippen molar-refractivity contribution in [3.05, 3.63) is 129 Å². The number of fused-ring (bicyclic) bond motifs is 4. The highest BCUT2D eigenvalue weighted by Crippen LogP contribution is 2.37. The molecule has 2 aliphatic heterocycles. The van der Waals surface area contributed by atoms with Crippen molar-refractivity contribution < 1.29 is 59.9 Å². The Morgan fingerprint density at radius 2 is 0.975 bits per heavy atom. The molecule has 0 saturated carbocycles. The van der Waals surface area contributed by atoms with Crippen molar-refractivity contribution in [3.8, 4) is 11.5 Å². The summed E-state index contributed by atoms with van der Waals surface area (Å²) >= 11 is 3.66. The number of likely N-dealkylation sites (tertiary alicyclic amines) is 2. The van der Waals surface area contributed by atoms with Crippen LogP contribution in [0.15, 0.2) is 95.7 Å². The molecule has 2 aliphatic rings. The van der Waals surface area contributed by atoms with Crippen LogP contribution in [0.5, 0.6) is 11.5 Å². The fourth-order valence-corrected chi connectivity index (χ4v) is 12.6. The molecule has 16 nitrogen and oxygen atoms in total. The molecule has 0 bridgehead atoms. The van der Waals surface area contributed by atoms with Crippen molar-refractivity contribution >= 4 is 76.6 Å². The minimum absolute atomic E-state index is 0.102. The van der Waals surface area contributed by atoms with E-state index in [9.17, 15) is 19.8 Å². The zero-order valence-corrected chi connectivity index (χ0v) is 48.3. The molecular weight excluding hydrogens is 1060 g/mol. The minimum atomic E-state index is -1.49. The van der Waals surface area contributed by atoms with E-state index in [-0.39, 0.29) is 25.7 Å². The van der Waals surface area contributed by atoms with E-state index >= 15 is 0 Å². The third kappa shape index (κ3) is 17.6. The van der Waals surface area contributed by atoms with Gasteiger partial charge in [0.15, 0.2) is 12.6 Å². The average molecular weight is 1140 g/mol. The highest BCUT2D eigenvalue weighted by molar-refractivity contribution is 7.17. The summed E-state index contributed by atoms with van der Waals surface area (Å²) in [7, 11) is 0. The molecule has 4 aromatic carbocycles. The second kappa shape index (κ2) is 29.2. The van der Waals surface area contributed by atoms with Gasteiger partial charge in [0.25, 0.3) is 0 Å². The number of nitrogens with one attached hydrogen (secondary N) is 2. The number of rotatable bonds is 18. The van der Waals surface area contributed by atoms with E-state index in [2.05, 4.69) is 119 Å². The van der Waals surface area contributed by atoms with Crippen LogP contribution in [-0.2, 0) is 9.59 Å². The molecule has 80 heavy (non-hydrogen) atoms. The Bertz CT molecular complexity index is 3040. The number of carboxylic acids is 2. The molecule has 6 atom stereocenters. The second-order valence-corrected chi connectivity index (χ2v) is 23.4. The second-order valence-electron chi connectivity index (χ2n) is 21.6. The highest BCUT2D eigenvalue weighted by atomic mass is 32.1. The smallest absolute Gasteiger partial charge is 0.303 e. The van der Waals surface area contributed by atoms with Gasteiger partial charge >= 0.3 is 11.9 Å². The predicted octanol–water partition coefficient (Wildman–Crippen LogP) is 10.3. The van der Waals surface area contributed by atoms with Gasteiger partial charge < -0.3 is 60.3 Å². The first-order valence-electron chi connectivity index (χ1n) is 27.6. The standard InChI is InChI=1S/2C27H32N2O2S.2C4H8O4/c2*1-17-16-32-27-8-7-20(13-23(17)27)21-9-10-29(19(3)12-21)14-22(30)15-31-26-6-4-5-25-24(26)11-18(2)28-25;2*5-3(6)1-2-4(7)8/h2*4-8,11,13,16,19,21-22,28,30H,9-10,12,14-15H2,1-3H3;2*3,5-6H,1-2H2,(H,7,8)/t19-,21-,22+;19-,21-,22-;;/m10../s1. The van der Waals surface area contributed by atoms with Gasteiger partial charge in [0.1, 0.15) is 36.9 Å². The number of aromatic amines is 2. The van der Waals surface area contributed by atoms with E-state index in [1.54, 1.807) is 0 Å². The quantitative estimate of drug-likeness (QED) is 0.0359. The van der Waals surface area contributed by atoms with E-state index in [4.69, 9.17) is 40.1 Å². The van der Waals surface area contributed by atoms with Crippen LogP contribution in [0, 0.1) is 27.7 Å². The number of thiophene rings is 2. The number of ether oxygens (including phenoxy) is 2. The Hall–Kier alpha value is -5.90. The van der Waals surface area contributed by atoms with Crippen LogP contribution in [0.3, 0.4) is 0 Å². The van der Waals surface area contributed by atoms with E-state index in [0.29, 0.717) is 50.2 Å². The van der Waals surface area contributed by atoms with Gasteiger partial charge in [-0.05, 0) is 197 Å². The van der Waals surface area contributed by atoms with Gasteiger partial charge in [0, 0.05) is 80.6 Å². The molecule has 0 unspecified atom stereocenters. The molecule has 10 N–H and O–H groups in total. The number of hydrogen-bond acceptors (Lipinski definition) is 14. The minimum Gasteiger partial charge on any atom is -0.490 e. The van der Waals surface area contributed by atoms with E-state index in [0.717, 1.165) is 83.5 Å². The molecule has 18 heteroatoms. The molecule has 4 aromatic heterocycles. The highest BCUT2D eigenvalue weighted by Gasteiger charge is 2.30. The lowest BCUT2D eigenvalue weighted by molar-refractivity contribution is -0.140. The fraction of sp³-hybridized carbons (Fsp3) is 0.452. The summed E-state index contributed by atoms with van der Waals surface area (Å²) < 4.78 is 14.8. The number of aliphatic hydroxyl groups excluding tert-OH is 4. The molecule has 10 rings (SSSR count). The van der Waals surface area contributed by atoms with Crippen molar-refractivity contribution in [1.29, 1.82) is 0 Å². The summed E-state index contributed by atoms with van der Waals surface area (Å²) in [6.45, 7) is 17.0. The topological polar surface area (TPSA) is 252 Å². The van der Waals surface area contributed by atoms with Gasteiger partial charge in [-0.25, -0.2) is 0 Å². The molecule has 0 amide bonds. The maximum Gasteiger partial charge on any atom is 0.303 e. The lowest BCUT2D eigenvalue weighted by atomic mass is 9.85. The number of aryl methyl sites for hydroxylation is 4. The van der Waals surface area contributed by atoms with Gasteiger partial charge in [0.05, 0.1) is 12.8 Å². The lowest BCUT2D eigenvalue weighted by Gasteiger charge is -2.38. The maximum atomic E-state index is 10.7. The molecule has 0 radical (unpaired) electrons. The first kappa shape index (κ1) is 61.7. The molecular formula is C62H80N4O12S2. The number of nitrogens with zero attached hydrogens (tertiary/aromatic N) is 2. The number of carbonyl (C=O) groups is 2.